The van der Waals surface area contributed by atoms with Gasteiger partial charge in [0.05, 0.1) is 0 Å². The fraction of sp³-hybridized carbons (Fsp3) is 0.533. The number of amides is 1. The summed E-state index contributed by atoms with van der Waals surface area (Å²) >= 11 is 0. The van der Waals surface area contributed by atoms with Crippen molar-refractivity contribution in [2.45, 2.75) is 19.4 Å². The van der Waals surface area contributed by atoms with Gasteiger partial charge in [0, 0.05) is 19.1 Å². The second kappa shape index (κ2) is 6.57. The molecule has 1 N–H and O–H groups in total. The average molecular weight is 262 g/mol. The lowest BCUT2D eigenvalue weighted by atomic mass is 9.94. The summed E-state index contributed by atoms with van der Waals surface area (Å²) in [4.78, 5) is 14.0. The Labute approximate surface area is 114 Å². The van der Waals surface area contributed by atoms with E-state index in [1.54, 1.807) is 0 Å². The van der Waals surface area contributed by atoms with Gasteiger partial charge in [-0.3, -0.25) is 4.79 Å². The van der Waals surface area contributed by atoms with Crippen LogP contribution in [-0.2, 0) is 4.79 Å². The molecule has 4 nitrogen and oxygen atoms in total. The van der Waals surface area contributed by atoms with Crippen molar-refractivity contribution < 1.29 is 9.53 Å². The van der Waals surface area contributed by atoms with Crippen molar-refractivity contribution in [3.05, 3.63) is 30.3 Å². The molecule has 2 rings (SSSR count). The number of ether oxygens (including phenoxy) is 1. The minimum Gasteiger partial charge on any atom is -0.484 e. The summed E-state index contributed by atoms with van der Waals surface area (Å²) in [5.74, 6) is 1.30. The Hall–Kier alpha value is -1.55. The van der Waals surface area contributed by atoms with Gasteiger partial charge in [-0.1, -0.05) is 25.1 Å². The topological polar surface area (TPSA) is 41.6 Å². The molecule has 1 aliphatic rings. The molecular weight excluding hydrogens is 240 g/mol. The first-order valence-corrected chi connectivity index (χ1v) is 6.83. The van der Waals surface area contributed by atoms with Gasteiger partial charge < -0.3 is 15.0 Å². The molecule has 0 aromatic heterocycles. The summed E-state index contributed by atoms with van der Waals surface area (Å²) in [7, 11) is 1.98. The number of nitrogens with zero attached hydrogens (tertiary/aromatic N) is 1. The highest BCUT2D eigenvalue weighted by Gasteiger charge is 2.27. The smallest absolute Gasteiger partial charge is 0.260 e. The Kier molecular flexibility index (Phi) is 4.80. The van der Waals surface area contributed by atoms with Crippen molar-refractivity contribution in [3.63, 3.8) is 0 Å². The molecule has 19 heavy (non-hydrogen) atoms. The predicted octanol–water partition coefficient (Wildman–Crippen LogP) is 1.52. The minimum atomic E-state index is 0.0743. The average Bonchev–Trinajstić information content (AvgIpc) is 2.45. The van der Waals surface area contributed by atoms with Gasteiger partial charge in [-0.2, -0.15) is 0 Å². The highest BCUT2D eigenvalue weighted by molar-refractivity contribution is 5.77. The van der Waals surface area contributed by atoms with E-state index in [0.717, 1.165) is 25.3 Å². The van der Waals surface area contributed by atoms with Crippen molar-refractivity contribution in [1.29, 1.82) is 0 Å². The summed E-state index contributed by atoms with van der Waals surface area (Å²) in [5.41, 5.74) is 0. The zero-order chi connectivity index (χ0) is 13.7. The van der Waals surface area contributed by atoms with Crippen LogP contribution >= 0.6 is 0 Å². The predicted molar refractivity (Wildman–Crippen MR) is 75.1 cm³/mol. The number of para-hydroxylation sites is 1. The molecule has 0 saturated carbocycles. The maximum atomic E-state index is 12.1. The molecule has 0 spiro atoms. The molecule has 1 aliphatic heterocycles. The van der Waals surface area contributed by atoms with E-state index in [2.05, 4.69) is 12.2 Å². The van der Waals surface area contributed by atoms with Crippen LogP contribution < -0.4 is 10.1 Å². The third-order valence-corrected chi connectivity index (χ3v) is 3.73. The first kappa shape index (κ1) is 13.9. The fourth-order valence-electron chi connectivity index (χ4n) is 2.55. The molecule has 1 amide bonds. The third kappa shape index (κ3) is 3.70. The summed E-state index contributed by atoms with van der Waals surface area (Å²) in [6.45, 7) is 3.93. The molecule has 1 aromatic carbocycles. The zero-order valence-corrected chi connectivity index (χ0v) is 11.6. The SMILES string of the molecule is CNC1CCN(C(=O)COc2ccccc2)CC1C. The number of carbonyl (C=O) groups is 1. The standard InChI is InChI=1S/C15H22N2O2/c1-12-10-17(9-8-14(12)16-2)15(18)11-19-13-6-4-3-5-7-13/h3-7,12,14,16H,8-11H2,1-2H3. The van der Waals surface area contributed by atoms with Crippen LogP contribution in [0.25, 0.3) is 0 Å². The van der Waals surface area contributed by atoms with Gasteiger partial charge >= 0.3 is 0 Å². The summed E-state index contributed by atoms with van der Waals surface area (Å²) < 4.78 is 5.50. The van der Waals surface area contributed by atoms with Gasteiger partial charge in [-0.05, 0) is 31.5 Å². The van der Waals surface area contributed by atoms with Crippen molar-refractivity contribution in [3.8, 4) is 5.75 Å². The molecule has 1 saturated heterocycles. The summed E-state index contributed by atoms with van der Waals surface area (Å²) in [6, 6.07) is 9.98. The number of carbonyl (C=O) groups excluding carboxylic acids is 1. The second-order valence-corrected chi connectivity index (χ2v) is 5.10. The molecule has 2 atom stereocenters. The van der Waals surface area contributed by atoms with Crippen molar-refractivity contribution in [2.75, 3.05) is 26.7 Å². The van der Waals surface area contributed by atoms with E-state index in [1.807, 2.05) is 42.3 Å². The van der Waals surface area contributed by atoms with Crippen LogP contribution in [-0.4, -0.2) is 43.6 Å². The van der Waals surface area contributed by atoms with Crippen LogP contribution in [0.3, 0.4) is 0 Å². The van der Waals surface area contributed by atoms with Gasteiger partial charge in [0.1, 0.15) is 5.75 Å². The molecular formula is C15H22N2O2. The van der Waals surface area contributed by atoms with Crippen molar-refractivity contribution in [1.82, 2.24) is 10.2 Å². The summed E-state index contributed by atoms with van der Waals surface area (Å²) in [6.07, 6.45) is 1.01. The fourth-order valence-corrected chi connectivity index (χ4v) is 2.55. The normalized spacial score (nSPS) is 23.2. The Morgan fingerprint density at radius 3 is 2.79 bits per heavy atom. The number of piperidine rings is 1. The van der Waals surface area contributed by atoms with Gasteiger partial charge in [0.15, 0.2) is 6.61 Å². The highest BCUT2D eigenvalue weighted by Crippen LogP contribution is 2.17. The molecule has 104 valence electrons. The van der Waals surface area contributed by atoms with Gasteiger partial charge in [0.25, 0.3) is 5.91 Å². The number of rotatable bonds is 4. The Morgan fingerprint density at radius 2 is 2.16 bits per heavy atom. The van der Waals surface area contributed by atoms with E-state index >= 15 is 0 Å². The van der Waals surface area contributed by atoms with E-state index in [1.165, 1.54) is 0 Å². The number of nitrogens with one attached hydrogen (secondary N) is 1. The number of likely N-dealkylation sites (tertiary alicyclic amines) is 1. The van der Waals surface area contributed by atoms with Gasteiger partial charge in [0.2, 0.25) is 0 Å². The van der Waals surface area contributed by atoms with Gasteiger partial charge in [-0.15, -0.1) is 0 Å². The lowest BCUT2D eigenvalue weighted by Gasteiger charge is -2.36. The van der Waals surface area contributed by atoms with Crippen LogP contribution in [0.2, 0.25) is 0 Å². The molecule has 1 aromatic rings. The number of hydrogen-bond donors (Lipinski definition) is 1. The molecule has 1 heterocycles. The highest BCUT2D eigenvalue weighted by atomic mass is 16.5. The third-order valence-electron chi connectivity index (χ3n) is 3.73. The molecule has 4 heteroatoms. The second-order valence-electron chi connectivity index (χ2n) is 5.10. The maximum Gasteiger partial charge on any atom is 0.260 e. The van der Waals surface area contributed by atoms with Crippen LogP contribution in [0.5, 0.6) is 5.75 Å². The largest absolute Gasteiger partial charge is 0.484 e. The van der Waals surface area contributed by atoms with Crippen molar-refractivity contribution >= 4 is 5.91 Å². The monoisotopic (exact) mass is 262 g/mol. The van der Waals surface area contributed by atoms with Crippen molar-refractivity contribution in [2.24, 2.45) is 5.92 Å². The molecule has 1 fully saturated rings. The Balaban J connectivity index is 1.81. The first-order chi connectivity index (χ1) is 9.20. The first-order valence-electron chi connectivity index (χ1n) is 6.83. The molecule has 0 bridgehead atoms. The van der Waals surface area contributed by atoms with Crippen LogP contribution in [0.15, 0.2) is 30.3 Å². The molecule has 2 unspecified atom stereocenters. The van der Waals surface area contributed by atoms with E-state index < -0.39 is 0 Å². The minimum absolute atomic E-state index is 0.0743. The quantitative estimate of drug-likeness (QED) is 0.894. The molecule has 0 radical (unpaired) electrons. The molecule has 0 aliphatic carbocycles. The Bertz CT molecular complexity index is 408. The van der Waals surface area contributed by atoms with Crippen LogP contribution in [0, 0.1) is 5.92 Å². The van der Waals surface area contributed by atoms with E-state index in [-0.39, 0.29) is 12.5 Å². The van der Waals surface area contributed by atoms with E-state index in [0.29, 0.717) is 12.0 Å². The lowest BCUT2D eigenvalue weighted by Crippen LogP contribution is -2.50. The maximum absolute atomic E-state index is 12.1. The number of hydrogen-bond acceptors (Lipinski definition) is 3. The summed E-state index contributed by atoms with van der Waals surface area (Å²) in [5, 5.41) is 3.30. The zero-order valence-electron chi connectivity index (χ0n) is 11.6. The van der Waals surface area contributed by atoms with Crippen LogP contribution in [0.1, 0.15) is 13.3 Å². The van der Waals surface area contributed by atoms with E-state index in [9.17, 15) is 4.79 Å². The van der Waals surface area contributed by atoms with Gasteiger partial charge in [-0.25, -0.2) is 0 Å². The number of benzene rings is 1. The lowest BCUT2D eigenvalue weighted by molar-refractivity contribution is -0.135. The van der Waals surface area contributed by atoms with Crippen LogP contribution in [0.4, 0.5) is 0 Å². The van der Waals surface area contributed by atoms with E-state index in [4.69, 9.17) is 4.74 Å². The Morgan fingerprint density at radius 1 is 1.42 bits per heavy atom.